The first kappa shape index (κ1) is 17.5. The number of amides is 1. The lowest BCUT2D eigenvalue weighted by atomic mass is 10.0. The highest BCUT2D eigenvalue weighted by atomic mass is 19.1. The van der Waals surface area contributed by atoms with Gasteiger partial charge in [-0.15, -0.1) is 0 Å². The van der Waals surface area contributed by atoms with Crippen LogP contribution in [0.15, 0.2) is 42.6 Å². The van der Waals surface area contributed by atoms with Crippen LogP contribution >= 0.6 is 0 Å². The molecule has 1 N–H and O–H groups in total. The molecule has 2 aromatic rings. The van der Waals surface area contributed by atoms with E-state index in [0.717, 1.165) is 56.2 Å². The highest BCUT2D eigenvalue weighted by Gasteiger charge is 2.26. The summed E-state index contributed by atoms with van der Waals surface area (Å²) >= 11 is 0. The Morgan fingerprint density at radius 1 is 1.16 bits per heavy atom. The van der Waals surface area contributed by atoms with Crippen LogP contribution in [0.3, 0.4) is 0 Å². The van der Waals surface area contributed by atoms with E-state index < -0.39 is 11.6 Å². The van der Waals surface area contributed by atoms with Crippen molar-refractivity contribution in [3.63, 3.8) is 0 Å². The summed E-state index contributed by atoms with van der Waals surface area (Å²) in [5, 5.41) is 3.32. The zero-order valence-electron chi connectivity index (χ0n) is 13.9. The number of pyridine rings is 1. The second kappa shape index (κ2) is 8.16. The molecule has 3 rings (SSSR count). The van der Waals surface area contributed by atoms with Crippen molar-refractivity contribution in [2.24, 2.45) is 0 Å². The Balaban J connectivity index is 1.89. The predicted octanol–water partition coefficient (Wildman–Crippen LogP) is 3.14. The number of nitrogens with zero attached hydrogens (tertiary/aromatic N) is 2. The summed E-state index contributed by atoms with van der Waals surface area (Å²) in [7, 11) is 0. The van der Waals surface area contributed by atoms with E-state index in [0.29, 0.717) is 6.54 Å². The molecule has 1 aromatic heterocycles. The number of hydrogen-bond acceptors (Lipinski definition) is 3. The van der Waals surface area contributed by atoms with Gasteiger partial charge >= 0.3 is 0 Å². The summed E-state index contributed by atoms with van der Waals surface area (Å²) in [4.78, 5) is 19.0. The smallest absolute Gasteiger partial charge is 0.254 e. The van der Waals surface area contributed by atoms with Gasteiger partial charge in [-0.05, 0) is 56.6 Å². The molecular formula is C19H21F2N3O. The standard InChI is InChI=1S/C19H21F2N3O/c20-15-10-14(11-16(21)12-15)19(25)24(13-17-4-1-2-8-23-17)18-5-3-7-22-9-6-18/h1-2,4,8,10-12,18,22H,3,5-7,9,13H2. The van der Waals surface area contributed by atoms with Gasteiger partial charge in [0.25, 0.3) is 5.91 Å². The van der Waals surface area contributed by atoms with E-state index in [1.54, 1.807) is 11.1 Å². The van der Waals surface area contributed by atoms with Crippen molar-refractivity contribution in [2.45, 2.75) is 31.8 Å². The number of rotatable bonds is 4. The van der Waals surface area contributed by atoms with Crippen molar-refractivity contribution < 1.29 is 13.6 Å². The van der Waals surface area contributed by atoms with Gasteiger partial charge in [-0.1, -0.05) is 6.07 Å². The zero-order chi connectivity index (χ0) is 17.6. The summed E-state index contributed by atoms with van der Waals surface area (Å²) in [5.74, 6) is -1.86. The third-order valence-corrected chi connectivity index (χ3v) is 4.41. The second-order valence-electron chi connectivity index (χ2n) is 6.25. The minimum Gasteiger partial charge on any atom is -0.330 e. The van der Waals surface area contributed by atoms with Gasteiger partial charge in [-0.3, -0.25) is 9.78 Å². The molecule has 6 heteroatoms. The first-order chi connectivity index (χ1) is 12.1. The van der Waals surface area contributed by atoms with E-state index >= 15 is 0 Å². The van der Waals surface area contributed by atoms with Gasteiger partial charge in [0.2, 0.25) is 0 Å². The molecule has 1 atom stereocenters. The quantitative estimate of drug-likeness (QED) is 0.926. The Morgan fingerprint density at radius 2 is 1.96 bits per heavy atom. The van der Waals surface area contributed by atoms with E-state index in [1.807, 2.05) is 18.2 Å². The van der Waals surface area contributed by atoms with Crippen molar-refractivity contribution >= 4 is 5.91 Å². The van der Waals surface area contributed by atoms with Crippen molar-refractivity contribution in [3.05, 3.63) is 65.5 Å². The molecule has 1 fully saturated rings. The minimum atomic E-state index is -0.747. The van der Waals surface area contributed by atoms with E-state index in [4.69, 9.17) is 0 Å². The molecule has 0 spiro atoms. The van der Waals surface area contributed by atoms with Gasteiger partial charge in [-0.25, -0.2) is 8.78 Å². The minimum absolute atomic E-state index is 0.0100. The highest BCUT2D eigenvalue weighted by molar-refractivity contribution is 5.94. The monoisotopic (exact) mass is 345 g/mol. The molecule has 1 aromatic carbocycles. The van der Waals surface area contributed by atoms with Crippen LogP contribution in [0.5, 0.6) is 0 Å². The normalized spacial score (nSPS) is 17.8. The number of carbonyl (C=O) groups is 1. The fourth-order valence-corrected chi connectivity index (χ4v) is 3.19. The van der Waals surface area contributed by atoms with E-state index in [1.165, 1.54) is 0 Å². The van der Waals surface area contributed by atoms with Crippen molar-refractivity contribution in [1.82, 2.24) is 15.2 Å². The first-order valence-electron chi connectivity index (χ1n) is 8.51. The van der Waals surface area contributed by atoms with E-state index in [-0.39, 0.29) is 17.5 Å². The zero-order valence-corrected chi connectivity index (χ0v) is 13.9. The van der Waals surface area contributed by atoms with Crippen molar-refractivity contribution in [2.75, 3.05) is 13.1 Å². The topological polar surface area (TPSA) is 45.2 Å². The number of carbonyl (C=O) groups excluding carboxylic acids is 1. The lowest BCUT2D eigenvalue weighted by molar-refractivity contribution is 0.0641. The van der Waals surface area contributed by atoms with Gasteiger partial charge in [-0.2, -0.15) is 0 Å². The molecule has 0 aliphatic carbocycles. The first-order valence-corrected chi connectivity index (χ1v) is 8.51. The summed E-state index contributed by atoms with van der Waals surface area (Å²) in [5.41, 5.74) is 0.788. The second-order valence-corrected chi connectivity index (χ2v) is 6.25. The van der Waals surface area contributed by atoms with E-state index in [9.17, 15) is 13.6 Å². The molecule has 0 saturated carbocycles. The summed E-state index contributed by atoms with van der Waals surface area (Å²) in [6.07, 6.45) is 4.28. The summed E-state index contributed by atoms with van der Waals surface area (Å²) < 4.78 is 27.1. The predicted molar refractivity (Wildman–Crippen MR) is 91.0 cm³/mol. The Bertz CT molecular complexity index is 696. The number of aromatic nitrogens is 1. The van der Waals surface area contributed by atoms with Crippen LogP contribution in [0.1, 0.15) is 35.3 Å². The van der Waals surface area contributed by atoms with Gasteiger partial charge in [0.05, 0.1) is 12.2 Å². The lowest BCUT2D eigenvalue weighted by Crippen LogP contribution is -2.40. The Morgan fingerprint density at radius 3 is 2.68 bits per heavy atom. The van der Waals surface area contributed by atoms with Gasteiger partial charge < -0.3 is 10.2 Å². The van der Waals surface area contributed by atoms with Crippen LogP contribution < -0.4 is 5.32 Å². The molecule has 1 saturated heterocycles. The average molecular weight is 345 g/mol. The lowest BCUT2D eigenvalue weighted by Gasteiger charge is -2.31. The molecule has 1 aliphatic rings. The van der Waals surface area contributed by atoms with Crippen LogP contribution in [-0.4, -0.2) is 34.9 Å². The molecule has 2 heterocycles. The summed E-state index contributed by atoms with van der Waals surface area (Å²) in [6, 6.07) is 8.49. The number of benzene rings is 1. The maximum atomic E-state index is 13.6. The molecule has 1 unspecified atom stereocenters. The average Bonchev–Trinajstić information content (AvgIpc) is 2.88. The van der Waals surface area contributed by atoms with Gasteiger partial charge in [0, 0.05) is 23.9 Å². The Kier molecular flexibility index (Phi) is 5.71. The largest absolute Gasteiger partial charge is 0.330 e. The van der Waals surface area contributed by atoms with Crippen LogP contribution in [0.25, 0.3) is 0 Å². The van der Waals surface area contributed by atoms with Crippen molar-refractivity contribution in [1.29, 1.82) is 0 Å². The molecule has 4 nitrogen and oxygen atoms in total. The SMILES string of the molecule is O=C(c1cc(F)cc(F)c1)N(Cc1ccccn1)C1CCCNCC1. The fraction of sp³-hybridized carbons (Fsp3) is 0.368. The third-order valence-electron chi connectivity index (χ3n) is 4.41. The Labute approximate surface area is 145 Å². The molecule has 1 aliphatic heterocycles. The molecule has 0 radical (unpaired) electrons. The molecule has 132 valence electrons. The molecule has 1 amide bonds. The van der Waals surface area contributed by atoms with Crippen LogP contribution in [0.4, 0.5) is 8.78 Å². The Hall–Kier alpha value is -2.34. The van der Waals surface area contributed by atoms with Gasteiger partial charge in [0.15, 0.2) is 0 Å². The molecule has 25 heavy (non-hydrogen) atoms. The van der Waals surface area contributed by atoms with Crippen molar-refractivity contribution in [3.8, 4) is 0 Å². The van der Waals surface area contributed by atoms with Crippen LogP contribution in [0.2, 0.25) is 0 Å². The molecular weight excluding hydrogens is 324 g/mol. The maximum absolute atomic E-state index is 13.6. The number of nitrogens with one attached hydrogen (secondary N) is 1. The number of hydrogen-bond donors (Lipinski definition) is 1. The summed E-state index contributed by atoms with van der Waals surface area (Å²) in [6.45, 7) is 2.05. The maximum Gasteiger partial charge on any atom is 0.254 e. The fourth-order valence-electron chi connectivity index (χ4n) is 3.19. The third kappa shape index (κ3) is 4.60. The van der Waals surface area contributed by atoms with Crippen LogP contribution in [-0.2, 0) is 6.54 Å². The van der Waals surface area contributed by atoms with Crippen LogP contribution in [0, 0.1) is 11.6 Å². The highest BCUT2D eigenvalue weighted by Crippen LogP contribution is 2.20. The molecule has 0 bridgehead atoms. The van der Waals surface area contributed by atoms with E-state index in [2.05, 4.69) is 10.3 Å². The van der Waals surface area contributed by atoms with Gasteiger partial charge in [0.1, 0.15) is 11.6 Å². The number of halogens is 2.